The van der Waals surface area contributed by atoms with Crippen molar-refractivity contribution in [3.8, 4) is 23.3 Å². The molecule has 0 aromatic heterocycles. The van der Waals surface area contributed by atoms with Crippen LogP contribution in [0.2, 0.25) is 25.1 Å². The Hall–Kier alpha value is -4.63. The lowest BCUT2D eigenvalue weighted by atomic mass is 9.74. The van der Waals surface area contributed by atoms with Crippen molar-refractivity contribution in [2.45, 2.75) is 128 Å². The highest BCUT2D eigenvalue weighted by molar-refractivity contribution is 9.11. The fraction of sp³-hybridized carbons (Fsp3) is 0.304. The van der Waals surface area contributed by atoms with E-state index in [1.54, 1.807) is 18.2 Å². The third-order valence-electron chi connectivity index (χ3n) is 17.8. The van der Waals surface area contributed by atoms with Gasteiger partial charge in [0.15, 0.2) is 54.3 Å². The number of nitrogens with zero attached hydrogens (tertiary/aromatic N) is 1. The van der Waals surface area contributed by atoms with Gasteiger partial charge in [-0.3, -0.25) is 24.0 Å². The first-order valence-electron chi connectivity index (χ1n) is 30.7. The summed E-state index contributed by atoms with van der Waals surface area (Å²) in [6.45, 7) is 0. The predicted octanol–water partition coefficient (Wildman–Crippen LogP) is 19.9. The molecule has 0 saturated heterocycles. The number of hydrogen-bond acceptors (Lipinski definition) is 17. The second-order valence-electron chi connectivity index (χ2n) is 24.4. The first-order chi connectivity index (χ1) is 48.9. The highest BCUT2D eigenvalue weighted by Crippen LogP contribution is 2.52. The zero-order valence-corrected chi connectivity index (χ0v) is 69.0. The number of ketones is 5. The van der Waals surface area contributed by atoms with Gasteiger partial charge in [-0.25, -0.2) is 30.0 Å². The van der Waals surface area contributed by atoms with Crippen LogP contribution in [0.3, 0.4) is 0 Å². The van der Waals surface area contributed by atoms with Gasteiger partial charge in [-0.05, 0) is 156 Å². The molecule has 3 N–H and O–H groups in total. The van der Waals surface area contributed by atoms with E-state index in [2.05, 4.69) is 83.8 Å². The second kappa shape index (κ2) is 33.1. The maximum Gasteiger partial charge on any atom is 0.534 e. The summed E-state index contributed by atoms with van der Waals surface area (Å²) in [5.74, 6) is -2.54. The number of carbonyl (C=O) groups excluding carboxylic acids is 5. The summed E-state index contributed by atoms with van der Waals surface area (Å²) in [6.07, 6.45) is 4.21. The zero-order valence-electron chi connectivity index (χ0n) is 54.1. The highest BCUT2D eigenvalue weighted by atomic mass is 79.9. The van der Waals surface area contributed by atoms with Gasteiger partial charge in [0.1, 0.15) is 35.8 Å². The number of fused-ring (bicyclic) bond motifs is 7. The maximum atomic E-state index is 14.6. The smallest absolute Gasteiger partial charge is 0.507 e. The van der Waals surface area contributed by atoms with Crippen molar-refractivity contribution < 1.29 is 95.1 Å². The molecule has 7 aliphatic carbocycles. The number of carbonyl (C=O) groups is 5. The number of halogens is 16. The molecule has 0 radical (unpaired) electrons. The van der Waals surface area contributed by atoms with Gasteiger partial charge in [0.05, 0.1) is 63.2 Å². The fourth-order valence-corrected chi connectivity index (χ4v) is 22.3. The van der Waals surface area contributed by atoms with E-state index >= 15 is 0 Å². The normalized spacial score (nSPS) is 18.0. The van der Waals surface area contributed by atoms with Gasteiger partial charge in [-0.2, -0.15) is 26.9 Å². The second-order valence-corrected chi connectivity index (χ2v) is 36.9. The van der Waals surface area contributed by atoms with Crippen LogP contribution < -0.4 is 4.18 Å². The molecule has 0 fully saturated rings. The summed E-state index contributed by atoms with van der Waals surface area (Å²) in [5, 5.41) is 39.2. The number of benzene rings is 7. The number of hydrogen-bond donors (Lipinski definition) is 3. The number of aliphatic hydroxyl groups is 1. The molecular formula is C69H51Br5Cl5F6NO15S4. The Morgan fingerprint density at radius 3 is 1.50 bits per heavy atom. The summed E-state index contributed by atoms with van der Waals surface area (Å²) in [5.41, 5.74) is 1.16. The molecule has 14 rings (SSSR count). The number of aliphatic hydroxyl groups excluding tert-OH is 1. The number of Topliss-reactive ketones (excluding diaryl/α,β-unsaturated/α-hetero) is 5. The largest absolute Gasteiger partial charge is 0.534 e. The molecule has 0 heterocycles. The number of alkyl halides is 5. The van der Waals surface area contributed by atoms with Gasteiger partial charge < -0.3 is 19.5 Å². The van der Waals surface area contributed by atoms with Crippen molar-refractivity contribution in [2.75, 3.05) is 18.8 Å². The molecular weight excluding hydrogens is 1900 g/mol. The van der Waals surface area contributed by atoms with Gasteiger partial charge in [0.2, 0.25) is 0 Å². The summed E-state index contributed by atoms with van der Waals surface area (Å²) >= 11 is 47.7. The van der Waals surface area contributed by atoms with Crippen LogP contribution in [-0.2, 0) is 68.3 Å². The van der Waals surface area contributed by atoms with Gasteiger partial charge in [0, 0.05) is 101 Å². The number of nitriles is 1. The van der Waals surface area contributed by atoms with Crippen LogP contribution in [0.5, 0.6) is 17.2 Å². The minimum Gasteiger partial charge on any atom is -0.507 e. The SMILES string of the molecule is CS(=O)(=O)c1c(Cl)cc(Br)c2c1C(=O)CC2.CS(=O)(=O)c1c(Cl)cc([C@H]2CC[C@H](F)c3cc(F)cc(C#N)c32)c2c1[C@H](O)[C@H](F)C2.CSc1c(Cl)cc(Br)c2c1C(=O)CC2.O=C1CCc2c(Br)cc(Cl)c(O)c21.O=C1CCc2c(Br)cc(Cl)c(OS(=O)(=O)C(F)(F)F)c21.O=C1CCc2c(Br)ccc(O)c21. The third-order valence-corrected chi connectivity index (χ3v) is 27.3. The lowest BCUT2D eigenvalue weighted by Gasteiger charge is -2.31. The van der Waals surface area contributed by atoms with Crippen LogP contribution in [-0.4, -0.2) is 99.9 Å². The third kappa shape index (κ3) is 17.4. The van der Waals surface area contributed by atoms with Crippen molar-refractivity contribution in [2.24, 2.45) is 0 Å². The highest BCUT2D eigenvalue weighted by Gasteiger charge is 2.50. The van der Waals surface area contributed by atoms with Crippen LogP contribution in [0, 0.1) is 17.1 Å². The molecule has 105 heavy (non-hydrogen) atoms. The van der Waals surface area contributed by atoms with Crippen molar-refractivity contribution in [1.82, 2.24) is 0 Å². The van der Waals surface area contributed by atoms with Crippen LogP contribution in [0.4, 0.5) is 26.3 Å². The Morgan fingerprint density at radius 1 is 0.543 bits per heavy atom. The van der Waals surface area contributed by atoms with Crippen molar-refractivity contribution in [3.63, 3.8) is 0 Å². The number of phenols is 2. The van der Waals surface area contributed by atoms with Crippen LogP contribution >= 0.6 is 149 Å². The first-order valence-corrected chi connectivity index (χ1v) is 43.0. The molecule has 558 valence electrons. The molecule has 7 aromatic rings. The van der Waals surface area contributed by atoms with Gasteiger partial charge >= 0.3 is 15.6 Å². The Bertz CT molecular complexity index is 5300. The molecule has 4 atom stereocenters. The zero-order chi connectivity index (χ0) is 77.9. The Kier molecular flexibility index (Phi) is 26.6. The molecule has 7 aromatic carbocycles. The molecule has 16 nitrogen and oxygen atoms in total. The first kappa shape index (κ1) is 84.4. The van der Waals surface area contributed by atoms with E-state index in [9.17, 15) is 96.2 Å². The van der Waals surface area contributed by atoms with E-state index in [1.165, 1.54) is 30.0 Å². The lowest BCUT2D eigenvalue weighted by molar-refractivity contribution is -0.0500. The van der Waals surface area contributed by atoms with Crippen molar-refractivity contribution in [3.05, 3.63) is 197 Å². The van der Waals surface area contributed by atoms with Gasteiger partial charge in [-0.1, -0.05) is 138 Å². The summed E-state index contributed by atoms with van der Waals surface area (Å²) < 4.78 is 158. The fourth-order valence-electron chi connectivity index (χ4n) is 13.2. The molecule has 0 spiro atoms. The standard InChI is InChI=1S/C21H17ClF3NO3S.C10H5BrClF3O4S.C10H8BrClO3S.C10H8BrClOS.C9H6BrClO2.C9H7BrO2/c1-30(28,29)21-15(22)6-12(13-7-17(25)20(27)19(13)21)11-2-3-16(24)14-5-10(23)4-9(8-26)18(11)14;11-5-3-6(12)9(8-4(5)1-2-7(8)16)19-20(17,18)10(13,14)15;1-16(14,15)10-7(12)4-6(11)5-2-3-8(13)9(5)10;1-14-10-7(12)4-6(11)5-2-3-8(13)9(5)10;10-5-3-6(11)9(13)8-4(5)1-2-7(8)12;10-6-2-4-8(12)9-5(6)1-3-7(9)11/h4-6,11,16-17,20,27H,2-3,7H2,1H3;3H,1-2H2;4H,2-3H2,1H3;4H,2-3H2,1H3;3,13H,1-2H2;2,4,12H,1,3H2/t11-,16+,17-,20-;;;;;/m1...../s1. The van der Waals surface area contributed by atoms with E-state index < -0.39 is 82.0 Å². The average Bonchev–Trinajstić information content (AvgIpc) is 1.65. The molecule has 0 saturated carbocycles. The minimum atomic E-state index is -5.88. The van der Waals surface area contributed by atoms with Crippen molar-refractivity contribution >= 4 is 208 Å². The van der Waals surface area contributed by atoms with Crippen molar-refractivity contribution in [1.29, 1.82) is 5.26 Å². The number of phenolic OH excluding ortho intramolecular Hbond substituents is 2. The number of sulfone groups is 2. The monoisotopic (exact) mass is 1940 g/mol. The molecule has 0 unspecified atom stereocenters. The lowest BCUT2D eigenvalue weighted by Crippen LogP contribution is -2.28. The van der Waals surface area contributed by atoms with E-state index in [1.807, 2.05) is 18.4 Å². The van der Waals surface area contributed by atoms with Crippen LogP contribution in [0.15, 0.2) is 91.6 Å². The number of thioether (sulfide) groups is 1. The van der Waals surface area contributed by atoms with E-state index in [0.717, 1.165) is 83.6 Å². The van der Waals surface area contributed by atoms with Gasteiger partial charge in [0.25, 0.3) is 0 Å². The summed E-state index contributed by atoms with van der Waals surface area (Å²) in [6, 6.07) is 14.9. The van der Waals surface area contributed by atoms with E-state index in [0.29, 0.717) is 85.9 Å². The minimum absolute atomic E-state index is 0.0318. The van der Waals surface area contributed by atoms with E-state index in [-0.39, 0.29) is 119 Å². The van der Waals surface area contributed by atoms with Crippen LogP contribution in [0.1, 0.15) is 176 Å². The van der Waals surface area contributed by atoms with Crippen LogP contribution in [0.25, 0.3) is 0 Å². The summed E-state index contributed by atoms with van der Waals surface area (Å²) in [7, 11) is -13.2. The molecule has 0 bridgehead atoms. The molecule has 0 amide bonds. The average molecular weight is 1950 g/mol. The number of aromatic hydroxyl groups is 2. The predicted molar refractivity (Wildman–Crippen MR) is 402 cm³/mol. The molecule has 7 aliphatic rings. The Morgan fingerprint density at radius 2 is 0.990 bits per heavy atom. The van der Waals surface area contributed by atoms with Gasteiger partial charge in [-0.15, -0.1) is 11.8 Å². The summed E-state index contributed by atoms with van der Waals surface area (Å²) in [4.78, 5) is 58.2. The molecule has 36 heteroatoms. The topological polar surface area (TPSA) is 281 Å². The Balaban J connectivity index is 0.000000151. The molecule has 0 aliphatic heterocycles. The Labute approximate surface area is 668 Å². The maximum absolute atomic E-state index is 14.6. The number of rotatable bonds is 6. The van der Waals surface area contributed by atoms with E-state index in [4.69, 9.17) is 58.0 Å². The quantitative estimate of drug-likeness (QED) is 0.0604.